The predicted octanol–water partition coefficient (Wildman–Crippen LogP) is 5.18. The first-order valence-electron chi connectivity index (χ1n) is 9.05. The van der Waals surface area contributed by atoms with Crippen LogP contribution in [0.3, 0.4) is 0 Å². The van der Waals surface area contributed by atoms with Gasteiger partial charge in [0.25, 0.3) is 5.19 Å². The number of thiazole rings is 1. The minimum absolute atomic E-state index is 0.132. The highest BCUT2D eigenvalue weighted by Gasteiger charge is 2.26. The average molecular weight is 445 g/mol. The molecule has 1 atom stereocenters. The lowest BCUT2D eigenvalue weighted by Gasteiger charge is -2.35. The molecule has 4 heterocycles. The van der Waals surface area contributed by atoms with Gasteiger partial charge in [0.05, 0.1) is 0 Å². The number of halogens is 1. The lowest BCUT2D eigenvalue weighted by molar-refractivity contribution is 0.132. The zero-order chi connectivity index (χ0) is 18.8. The van der Waals surface area contributed by atoms with Crippen LogP contribution < -0.4 is 9.64 Å². The van der Waals surface area contributed by atoms with Crippen LogP contribution in [0.5, 0.6) is 5.19 Å². The standard InChI is InChI=1S/C20H21BrN4OS/c1-3-14-4-7-18(22-12-14)25-10-8-15(9-11-25)13(2)26-20-23-16-5-6-17(21)24-19(16)27-20/h3-7,12-13,15H,1,8-11H2,2H3. The molecule has 1 fully saturated rings. The fraction of sp³-hybridized carbons (Fsp3) is 0.350. The van der Waals surface area contributed by atoms with E-state index in [9.17, 15) is 0 Å². The van der Waals surface area contributed by atoms with Crippen molar-refractivity contribution < 1.29 is 4.74 Å². The summed E-state index contributed by atoms with van der Waals surface area (Å²) in [6.45, 7) is 7.91. The fourth-order valence-electron chi connectivity index (χ4n) is 3.38. The van der Waals surface area contributed by atoms with Crippen LogP contribution in [0, 0.1) is 5.92 Å². The number of piperidine rings is 1. The third kappa shape index (κ3) is 4.14. The van der Waals surface area contributed by atoms with Gasteiger partial charge in [-0.15, -0.1) is 0 Å². The molecule has 1 aliphatic rings. The van der Waals surface area contributed by atoms with Gasteiger partial charge in [0.1, 0.15) is 26.9 Å². The van der Waals surface area contributed by atoms with E-state index in [1.54, 1.807) is 0 Å². The summed E-state index contributed by atoms with van der Waals surface area (Å²) < 4.78 is 6.98. The van der Waals surface area contributed by atoms with Crippen molar-refractivity contribution in [2.24, 2.45) is 5.92 Å². The third-order valence-corrected chi connectivity index (χ3v) is 6.32. The number of hydrogen-bond donors (Lipinski definition) is 0. The first-order chi connectivity index (χ1) is 13.1. The summed E-state index contributed by atoms with van der Waals surface area (Å²) in [4.78, 5) is 16.8. The number of ether oxygens (including phenoxy) is 1. The highest BCUT2D eigenvalue weighted by molar-refractivity contribution is 9.10. The zero-order valence-electron chi connectivity index (χ0n) is 15.1. The number of rotatable bonds is 5. The lowest BCUT2D eigenvalue weighted by Crippen LogP contribution is -2.39. The van der Waals surface area contributed by atoms with Gasteiger partial charge in [-0.1, -0.05) is 24.0 Å². The molecule has 1 aliphatic heterocycles. The number of fused-ring (bicyclic) bond motifs is 1. The molecule has 3 aromatic rings. The Hall–Kier alpha value is -1.99. The summed E-state index contributed by atoms with van der Waals surface area (Å²) in [5, 5.41) is 0.701. The van der Waals surface area contributed by atoms with Crippen LogP contribution in [0.1, 0.15) is 25.3 Å². The maximum atomic E-state index is 6.16. The predicted molar refractivity (Wildman–Crippen MR) is 114 cm³/mol. The number of pyridine rings is 2. The Labute approximate surface area is 171 Å². The molecule has 5 nitrogen and oxygen atoms in total. The van der Waals surface area contributed by atoms with Crippen molar-refractivity contribution in [1.29, 1.82) is 0 Å². The van der Waals surface area contributed by atoms with Crippen LogP contribution in [0.15, 0.2) is 41.6 Å². The third-order valence-electron chi connectivity index (χ3n) is 5.02. The Kier molecular flexibility index (Phi) is 5.41. The van der Waals surface area contributed by atoms with E-state index in [1.807, 2.05) is 24.4 Å². The minimum Gasteiger partial charge on any atom is -0.467 e. The summed E-state index contributed by atoms with van der Waals surface area (Å²) in [5.41, 5.74) is 1.93. The van der Waals surface area contributed by atoms with Crippen LogP contribution in [-0.2, 0) is 0 Å². The van der Waals surface area contributed by atoms with E-state index < -0.39 is 0 Å². The molecule has 0 bridgehead atoms. The second-order valence-corrected chi connectivity index (χ2v) is 8.49. The summed E-state index contributed by atoms with van der Waals surface area (Å²) >= 11 is 4.90. The van der Waals surface area contributed by atoms with Crippen molar-refractivity contribution in [3.63, 3.8) is 0 Å². The number of nitrogens with zero attached hydrogens (tertiary/aromatic N) is 4. The molecule has 27 heavy (non-hydrogen) atoms. The molecule has 0 spiro atoms. The Balaban J connectivity index is 1.36. The summed E-state index contributed by atoms with van der Waals surface area (Å²) in [5.74, 6) is 1.55. The van der Waals surface area contributed by atoms with E-state index >= 15 is 0 Å². The Morgan fingerprint density at radius 2 is 2.07 bits per heavy atom. The first-order valence-corrected chi connectivity index (χ1v) is 10.7. The molecule has 1 unspecified atom stereocenters. The maximum Gasteiger partial charge on any atom is 0.276 e. The average Bonchev–Trinajstić information content (AvgIpc) is 3.09. The van der Waals surface area contributed by atoms with Gasteiger partial charge in [-0.25, -0.2) is 15.0 Å². The molecular weight excluding hydrogens is 424 g/mol. The summed E-state index contributed by atoms with van der Waals surface area (Å²) in [6, 6.07) is 8.00. The summed E-state index contributed by atoms with van der Waals surface area (Å²) in [6.07, 6.45) is 5.99. The molecular formula is C20H21BrN4OS. The van der Waals surface area contributed by atoms with Gasteiger partial charge in [-0.05, 0) is 71.4 Å². The van der Waals surface area contributed by atoms with Gasteiger partial charge in [0, 0.05) is 19.3 Å². The summed E-state index contributed by atoms with van der Waals surface area (Å²) in [7, 11) is 0. The van der Waals surface area contributed by atoms with E-state index in [2.05, 4.69) is 61.4 Å². The Bertz CT molecular complexity index is 935. The van der Waals surface area contributed by atoms with Crippen LogP contribution in [-0.4, -0.2) is 34.1 Å². The molecule has 1 saturated heterocycles. The van der Waals surface area contributed by atoms with Crippen LogP contribution in [0.4, 0.5) is 5.82 Å². The second kappa shape index (κ2) is 7.94. The second-order valence-electron chi connectivity index (χ2n) is 6.74. The van der Waals surface area contributed by atoms with Crippen molar-refractivity contribution >= 4 is 49.5 Å². The van der Waals surface area contributed by atoms with Gasteiger partial charge < -0.3 is 9.64 Å². The monoisotopic (exact) mass is 444 g/mol. The van der Waals surface area contributed by atoms with Crippen molar-refractivity contribution in [3.05, 3.63) is 47.2 Å². The van der Waals surface area contributed by atoms with Crippen molar-refractivity contribution in [3.8, 4) is 5.19 Å². The Morgan fingerprint density at radius 1 is 1.26 bits per heavy atom. The molecule has 3 aromatic heterocycles. The number of hydrogen-bond acceptors (Lipinski definition) is 6. The molecule has 0 amide bonds. The Morgan fingerprint density at radius 3 is 2.78 bits per heavy atom. The van der Waals surface area contributed by atoms with Gasteiger partial charge >= 0.3 is 0 Å². The van der Waals surface area contributed by atoms with Gasteiger partial charge in [0.2, 0.25) is 0 Å². The van der Waals surface area contributed by atoms with Crippen molar-refractivity contribution in [1.82, 2.24) is 15.0 Å². The lowest BCUT2D eigenvalue weighted by atomic mass is 9.92. The van der Waals surface area contributed by atoms with Gasteiger partial charge in [-0.3, -0.25) is 0 Å². The van der Waals surface area contributed by atoms with Crippen molar-refractivity contribution in [2.45, 2.75) is 25.9 Å². The van der Waals surface area contributed by atoms with Gasteiger partial charge in [-0.2, -0.15) is 0 Å². The molecule has 0 aliphatic carbocycles. The highest BCUT2D eigenvalue weighted by atomic mass is 79.9. The minimum atomic E-state index is 0.132. The maximum absolute atomic E-state index is 6.16. The van der Waals surface area contributed by atoms with E-state index in [-0.39, 0.29) is 6.10 Å². The van der Waals surface area contributed by atoms with E-state index in [1.165, 1.54) is 11.3 Å². The number of aromatic nitrogens is 3. The molecule has 0 N–H and O–H groups in total. The van der Waals surface area contributed by atoms with E-state index in [0.29, 0.717) is 11.1 Å². The molecule has 0 radical (unpaired) electrons. The van der Waals surface area contributed by atoms with Crippen LogP contribution >= 0.6 is 27.3 Å². The number of anilines is 1. The smallest absolute Gasteiger partial charge is 0.276 e. The molecule has 0 aromatic carbocycles. The van der Waals surface area contributed by atoms with E-state index in [0.717, 1.165) is 52.3 Å². The van der Waals surface area contributed by atoms with Crippen LogP contribution in [0.25, 0.3) is 16.4 Å². The molecule has 7 heteroatoms. The highest BCUT2D eigenvalue weighted by Crippen LogP contribution is 2.31. The quantitative estimate of drug-likeness (QED) is 0.507. The fourth-order valence-corrected chi connectivity index (χ4v) is 4.68. The van der Waals surface area contributed by atoms with Crippen molar-refractivity contribution in [2.75, 3.05) is 18.0 Å². The van der Waals surface area contributed by atoms with Gasteiger partial charge in [0.15, 0.2) is 0 Å². The molecule has 140 valence electrons. The molecule has 0 saturated carbocycles. The first kappa shape index (κ1) is 18.4. The largest absolute Gasteiger partial charge is 0.467 e. The van der Waals surface area contributed by atoms with E-state index in [4.69, 9.17) is 4.74 Å². The van der Waals surface area contributed by atoms with Crippen LogP contribution in [0.2, 0.25) is 0 Å². The normalized spacial score (nSPS) is 16.4. The SMILES string of the molecule is C=Cc1ccc(N2CCC(C(C)Oc3nc4ccc(Br)nc4s3)CC2)nc1. The zero-order valence-corrected chi connectivity index (χ0v) is 17.5. The topological polar surface area (TPSA) is 51.1 Å². The molecule has 4 rings (SSSR count).